The van der Waals surface area contributed by atoms with E-state index in [9.17, 15) is 22.8 Å². The van der Waals surface area contributed by atoms with Gasteiger partial charge in [-0.1, -0.05) is 6.07 Å². The fraction of sp³-hybridized carbons (Fsp3) is 0.304. The number of fused-ring (bicyclic) bond motifs is 1. The second-order valence-electron chi connectivity index (χ2n) is 7.95. The largest absolute Gasteiger partial charge is 0.395 e. The molecule has 0 radical (unpaired) electrons. The number of H-pyrrole nitrogens is 1. The lowest BCUT2D eigenvalue weighted by atomic mass is 10.1. The Balaban J connectivity index is 1.40. The highest BCUT2D eigenvalue weighted by Gasteiger charge is 2.32. The Kier molecular flexibility index (Phi) is 6.66. The van der Waals surface area contributed by atoms with E-state index in [4.69, 9.17) is 5.11 Å². The Bertz CT molecular complexity index is 1170. The van der Waals surface area contributed by atoms with Crippen LogP contribution in [0.15, 0.2) is 36.5 Å². The van der Waals surface area contributed by atoms with Crippen LogP contribution in [0.1, 0.15) is 22.3 Å². The highest BCUT2D eigenvalue weighted by Crippen LogP contribution is 2.25. The molecule has 2 amide bonds. The SMILES string of the molecule is O=C(Nc1cc(F)c(F)c(F)c1)[C@H]1CCN(C(=O)c2ccc3c(CNCCO)c[nH]c3c2)C1. The van der Waals surface area contributed by atoms with Gasteiger partial charge in [0.15, 0.2) is 17.5 Å². The van der Waals surface area contributed by atoms with Gasteiger partial charge in [0.05, 0.1) is 12.5 Å². The molecule has 4 rings (SSSR count). The summed E-state index contributed by atoms with van der Waals surface area (Å²) in [5.74, 6) is -5.64. The summed E-state index contributed by atoms with van der Waals surface area (Å²) >= 11 is 0. The third kappa shape index (κ3) is 4.86. The lowest BCUT2D eigenvalue weighted by Crippen LogP contribution is -2.31. The molecular formula is C23H23F3N4O3. The van der Waals surface area contributed by atoms with Crippen molar-refractivity contribution >= 4 is 28.4 Å². The summed E-state index contributed by atoms with van der Waals surface area (Å²) in [7, 11) is 0. The number of aromatic nitrogens is 1. The third-order valence-electron chi connectivity index (χ3n) is 5.72. The zero-order valence-electron chi connectivity index (χ0n) is 17.6. The lowest BCUT2D eigenvalue weighted by molar-refractivity contribution is -0.119. The number of hydrogen-bond acceptors (Lipinski definition) is 4. The predicted molar refractivity (Wildman–Crippen MR) is 116 cm³/mol. The summed E-state index contributed by atoms with van der Waals surface area (Å²) in [5.41, 5.74) is 2.12. The van der Waals surface area contributed by atoms with Gasteiger partial charge in [0.2, 0.25) is 5.91 Å². The van der Waals surface area contributed by atoms with Gasteiger partial charge >= 0.3 is 0 Å². The minimum absolute atomic E-state index is 0.0491. The van der Waals surface area contributed by atoms with Crippen LogP contribution in [0.4, 0.5) is 18.9 Å². The Morgan fingerprint density at radius 1 is 1.15 bits per heavy atom. The summed E-state index contributed by atoms with van der Waals surface area (Å²) in [6.45, 7) is 1.64. The van der Waals surface area contributed by atoms with Gasteiger partial charge in [-0.15, -0.1) is 0 Å². The number of carbonyl (C=O) groups excluding carboxylic acids is 2. The molecule has 1 fully saturated rings. The van der Waals surface area contributed by atoms with Gasteiger partial charge in [-0.05, 0) is 24.1 Å². The first-order chi connectivity index (χ1) is 15.9. The van der Waals surface area contributed by atoms with E-state index in [1.807, 2.05) is 12.3 Å². The van der Waals surface area contributed by atoms with E-state index < -0.39 is 29.3 Å². The minimum atomic E-state index is -1.60. The van der Waals surface area contributed by atoms with Gasteiger partial charge in [0.25, 0.3) is 5.91 Å². The number of likely N-dealkylation sites (tertiary alicyclic amines) is 1. The number of benzene rings is 2. The normalized spacial score (nSPS) is 15.9. The summed E-state index contributed by atoms with van der Waals surface area (Å²) in [4.78, 5) is 30.2. The van der Waals surface area contributed by atoms with E-state index in [-0.39, 0.29) is 24.7 Å². The predicted octanol–water partition coefficient (Wildman–Crippen LogP) is 2.77. The molecular weight excluding hydrogens is 437 g/mol. The molecule has 4 N–H and O–H groups in total. The number of hydrogen-bond donors (Lipinski definition) is 4. The molecule has 174 valence electrons. The standard InChI is InChI=1S/C23H23F3N4O3/c24-18-8-16(9-19(25)21(18)26)29-22(32)14-3-5-30(12-14)23(33)13-1-2-17-15(10-27-4-6-31)11-28-20(17)7-13/h1-2,7-9,11,14,27-28,31H,3-6,10,12H2,(H,29,32)/t14-/m0/s1. The fourth-order valence-electron chi connectivity index (χ4n) is 3.98. The van der Waals surface area contributed by atoms with Crippen LogP contribution in [0.3, 0.4) is 0 Å². The van der Waals surface area contributed by atoms with Crippen molar-refractivity contribution in [2.24, 2.45) is 5.92 Å². The molecule has 1 aliphatic rings. The number of anilines is 1. The first-order valence-corrected chi connectivity index (χ1v) is 10.5. The number of aliphatic hydroxyl groups excluding tert-OH is 1. The Morgan fingerprint density at radius 3 is 2.64 bits per heavy atom. The third-order valence-corrected chi connectivity index (χ3v) is 5.72. The fourth-order valence-corrected chi connectivity index (χ4v) is 3.98. The van der Waals surface area contributed by atoms with Crippen LogP contribution in [-0.4, -0.2) is 53.0 Å². The highest BCUT2D eigenvalue weighted by molar-refractivity contribution is 5.99. The molecule has 0 aliphatic carbocycles. The van der Waals surface area contributed by atoms with E-state index in [0.717, 1.165) is 16.5 Å². The van der Waals surface area contributed by atoms with Crippen LogP contribution < -0.4 is 10.6 Å². The molecule has 3 aromatic rings. The molecule has 0 bridgehead atoms. The van der Waals surface area contributed by atoms with Gasteiger partial charge < -0.3 is 25.6 Å². The molecule has 1 atom stereocenters. The Morgan fingerprint density at radius 2 is 1.91 bits per heavy atom. The smallest absolute Gasteiger partial charge is 0.253 e. The maximum Gasteiger partial charge on any atom is 0.253 e. The van der Waals surface area contributed by atoms with Crippen molar-refractivity contribution in [1.29, 1.82) is 0 Å². The molecule has 2 aromatic carbocycles. The quantitative estimate of drug-likeness (QED) is 0.322. The zero-order chi connectivity index (χ0) is 23.5. The molecule has 1 aromatic heterocycles. The first-order valence-electron chi connectivity index (χ1n) is 10.5. The zero-order valence-corrected chi connectivity index (χ0v) is 17.6. The van der Waals surface area contributed by atoms with Crippen LogP contribution in [0.5, 0.6) is 0 Å². The van der Waals surface area contributed by atoms with Crippen molar-refractivity contribution in [1.82, 2.24) is 15.2 Å². The molecule has 0 saturated carbocycles. The van der Waals surface area contributed by atoms with E-state index in [0.29, 0.717) is 43.8 Å². The van der Waals surface area contributed by atoms with Crippen LogP contribution in [0.2, 0.25) is 0 Å². The van der Waals surface area contributed by atoms with Crippen LogP contribution in [0, 0.1) is 23.4 Å². The van der Waals surface area contributed by atoms with Crippen LogP contribution in [-0.2, 0) is 11.3 Å². The summed E-state index contributed by atoms with van der Waals surface area (Å²) in [6.07, 6.45) is 2.25. The molecule has 33 heavy (non-hydrogen) atoms. The second-order valence-corrected chi connectivity index (χ2v) is 7.95. The average Bonchev–Trinajstić information content (AvgIpc) is 3.44. The Hall–Kier alpha value is -3.37. The minimum Gasteiger partial charge on any atom is -0.395 e. The van der Waals surface area contributed by atoms with Crippen molar-refractivity contribution in [2.75, 3.05) is 31.6 Å². The molecule has 0 unspecified atom stereocenters. The topological polar surface area (TPSA) is 97.5 Å². The van der Waals surface area contributed by atoms with E-state index in [1.165, 1.54) is 0 Å². The van der Waals surface area contributed by atoms with Crippen molar-refractivity contribution in [3.63, 3.8) is 0 Å². The molecule has 10 heteroatoms. The number of rotatable bonds is 7. The molecule has 2 heterocycles. The number of nitrogens with zero attached hydrogens (tertiary/aromatic N) is 1. The maximum absolute atomic E-state index is 13.4. The first kappa shape index (κ1) is 22.8. The van der Waals surface area contributed by atoms with Gasteiger partial charge in [0, 0.05) is 66.7 Å². The number of amides is 2. The summed E-state index contributed by atoms with van der Waals surface area (Å²) in [5, 5.41) is 15.4. The van der Waals surface area contributed by atoms with Crippen LogP contribution in [0.25, 0.3) is 10.9 Å². The summed E-state index contributed by atoms with van der Waals surface area (Å²) in [6, 6.07) is 6.77. The average molecular weight is 460 g/mol. The van der Waals surface area contributed by atoms with Crippen molar-refractivity contribution in [3.8, 4) is 0 Å². The van der Waals surface area contributed by atoms with Gasteiger partial charge in [0.1, 0.15) is 0 Å². The van der Waals surface area contributed by atoms with Crippen LogP contribution >= 0.6 is 0 Å². The number of aromatic amines is 1. The van der Waals surface area contributed by atoms with Gasteiger partial charge in [-0.2, -0.15) is 0 Å². The van der Waals surface area contributed by atoms with Gasteiger partial charge in [-0.25, -0.2) is 13.2 Å². The van der Waals surface area contributed by atoms with E-state index in [1.54, 1.807) is 17.0 Å². The second kappa shape index (κ2) is 9.63. The summed E-state index contributed by atoms with van der Waals surface area (Å²) < 4.78 is 39.9. The number of aliphatic hydroxyl groups is 1. The Labute approximate surface area is 187 Å². The highest BCUT2D eigenvalue weighted by atomic mass is 19.2. The van der Waals surface area contributed by atoms with Crippen molar-refractivity contribution in [3.05, 3.63) is 65.1 Å². The maximum atomic E-state index is 13.4. The monoisotopic (exact) mass is 460 g/mol. The van der Waals surface area contributed by atoms with Gasteiger partial charge in [-0.3, -0.25) is 9.59 Å². The molecule has 1 aliphatic heterocycles. The number of nitrogens with one attached hydrogen (secondary N) is 3. The van der Waals surface area contributed by atoms with E-state index >= 15 is 0 Å². The number of halogens is 3. The number of carbonyl (C=O) groups is 2. The molecule has 0 spiro atoms. The van der Waals surface area contributed by atoms with Crippen molar-refractivity contribution in [2.45, 2.75) is 13.0 Å². The molecule has 7 nitrogen and oxygen atoms in total. The molecule has 1 saturated heterocycles. The van der Waals surface area contributed by atoms with E-state index in [2.05, 4.69) is 15.6 Å². The lowest BCUT2D eigenvalue weighted by Gasteiger charge is -2.17. The van der Waals surface area contributed by atoms with Crippen molar-refractivity contribution < 1.29 is 27.9 Å².